The molecule has 3 heterocycles. The number of carbonyl (C=O) groups excluding carboxylic acids is 1. The monoisotopic (exact) mass is 516 g/mol. The van der Waals surface area contributed by atoms with Gasteiger partial charge in [0, 0.05) is 32.7 Å². The Balaban J connectivity index is 1.23. The van der Waals surface area contributed by atoms with Crippen LogP contribution in [0.3, 0.4) is 0 Å². The van der Waals surface area contributed by atoms with Crippen LogP contribution in [0.2, 0.25) is 0 Å². The average Bonchev–Trinajstić information content (AvgIpc) is 3.38. The second-order valence-corrected chi connectivity index (χ2v) is 10.6. The number of rotatable bonds is 7. The molecule has 0 N–H and O–H groups in total. The molecule has 1 fully saturated rings. The number of benzene rings is 2. The number of aromatic nitrogens is 2. The van der Waals surface area contributed by atoms with E-state index in [0.717, 1.165) is 30.9 Å². The Morgan fingerprint density at radius 3 is 2.56 bits per heavy atom. The molecule has 0 aliphatic carbocycles. The summed E-state index contributed by atoms with van der Waals surface area (Å²) in [6.07, 6.45) is 4.32. The van der Waals surface area contributed by atoms with Gasteiger partial charge in [0.05, 0.1) is 16.8 Å². The van der Waals surface area contributed by atoms with Crippen molar-refractivity contribution in [3.63, 3.8) is 0 Å². The second-order valence-electron chi connectivity index (χ2n) is 8.74. The summed E-state index contributed by atoms with van der Waals surface area (Å²) in [5.74, 6) is 0.333. The normalized spacial score (nSPS) is 14.6. The fraction of sp³-hybridized carbons (Fsp3) is 0.250. The summed E-state index contributed by atoms with van der Waals surface area (Å²) >= 11 is 2.79. The number of hydrogen-bond donors (Lipinski definition) is 0. The van der Waals surface area contributed by atoms with Crippen LogP contribution < -0.4 is 5.56 Å². The molecule has 1 saturated heterocycles. The van der Waals surface area contributed by atoms with Gasteiger partial charge in [-0.25, -0.2) is 4.98 Å². The molecule has 0 radical (unpaired) electrons. The zero-order chi connectivity index (χ0) is 24.9. The first-order chi connectivity index (χ1) is 17.6. The van der Waals surface area contributed by atoms with Crippen LogP contribution in [0.1, 0.15) is 11.1 Å². The van der Waals surface area contributed by atoms with E-state index in [1.807, 2.05) is 65.7 Å². The van der Waals surface area contributed by atoms with Crippen LogP contribution in [0.15, 0.2) is 82.1 Å². The van der Waals surface area contributed by atoms with E-state index in [0.29, 0.717) is 28.5 Å². The molecule has 2 aromatic carbocycles. The smallest absolute Gasteiger partial charge is 0.267 e. The second kappa shape index (κ2) is 11.2. The maximum atomic E-state index is 13.3. The van der Waals surface area contributed by atoms with E-state index in [2.05, 4.69) is 29.2 Å². The molecular formula is C28H28N4O2S2. The van der Waals surface area contributed by atoms with E-state index in [1.165, 1.54) is 28.7 Å². The quantitative estimate of drug-likeness (QED) is 0.263. The predicted octanol–water partition coefficient (Wildman–Crippen LogP) is 4.71. The van der Waals surface area contributed by atoms with Crippen molar-refractivity contribution in [2.24, 2.45) is 0 Å². The molecule has 1 amide bonds. The van der Waals surface area contributed by atoms with Crippen LogP contribution in [0.5, 0.6) is 0 Å². The number of thioether (sulfide) groups is 1. The first-order valence-corrected chi connectivity index (χ1v) is 13.9. The maximum Gasteiger partial charge on any atom is 0.267 e. The van der Waals surface area contributed by atoms with Crippen molar-refractivity contribution in [1.82, 2.24) is 19.4 Å². The summed E-state index contributed by atoms with van der Waals surface area (Å²) in [7, 11) is 0. The first kappa shape index (κ1) is 24.5. The lowest BCUT2D eigenvalue weighted by molar-refractivity contribution is -0.130. The topological polar surface area (TPSA) is 58.4 Å². The van der Waals surface area contributed by atoms with E-state index in [4.69, 9.17) is 4.98 Å². The minimum absolute atomic E-state index is 0.0799. The molecule has 0 atom stereocenters. The van der Waals surface area contributed by atoms with Gasteiger partial charge in [0.1, 0.15) is 4.83 Å². The molecule has 1 aliphatic heterocycles. The molecule has 8 heteroatoms. The Bertz CT molecular complexity index is 1440. The highest BCUT2D eigenvalue weighted by molar-refractivity contribution is 7.99. The SMILES string of the molecule is Cc1ccccc1-n1c(SCC(=O)N2CCN(C/C=C/c3ccccc3)CC2)nc2sccc2c1=O. The summed E-state index contributed by atoms with van der Waals surface area (Å²) in [5, 5.41) is 3.05. The number of para-hydroxylation sites is 1. The highest BCUT2D eigenvalue weighted by Gasteiger charge is 2.22. The standard InChI is InChI=1S/C28H28N4O2S2/c1-21-8-5-6-12-24(21)32-27(34)23-13-19-35-26(23)29-28(32)36-20-25(33)31-17-15-30(16-18-31)14-7-11-22-9-3-2-4-10-22/h2-13,19H,14-18,20H2,1H3/b11-7+. The molecule has 6 nitrogen and oxygen atoms in total. The van der Waals surface area contributed by atoms with E-state index in [1.54, 1.807) is 4.57 Å². The summed E-state index contributed by atoms with van der Waals surface area (Å²) in [5.41, 5.74) is 2.89. The predicted molar refractivity (Wildman–Crippen MR) is 149 cm³/mol. The number of carbonyl (C=O) groups is 1. The lowest BCUT2D eigenvalue weighted by atomic mass is 10.2. The molecular weight excluding hydrogens is 488 g/mol. The third-order valence-electron chi connectivity index (χ3n) is 6.35. The summed E-state index contributed by atoms with van der Waals surface area (Å²) < 4.78 is 1.65. The minimum Gasteiger partial charge on any atom is -0.339 e. The molecule has 2 aromatic heterocycles. The Hall–Kier alpha value is -3.20. The Kier molecular flexibility index (Phi) is 7.65. The molecule has 1 aliphatic rings. The molecule has 5 rings (SSSR count). The van der Waals surface area contributed by atoms with Crippen molar-refractivity contribution in [2.75, 3.05) is 38.5 Å². The van der Waals surface area contributed by atoms with Crippen molar-refractivity contribution in [2.45, 2.75) is 12.1 Å². The zero-order valence-corrected chi connectivity index (χ0v) is 21.8. The lowest BCUT2D eigenvalue weighted by Gasteiger charge is -2.34. The number of aryl methyl sites for hydroxylation is 1. The van der Waals surface area contributed by atoms with E-state index < -0.39 is 0 Å². The Morgan fingerprint density at radius 2 is 1.78 bits per heavy atom. The number of thiophene rings is 1. The molecule has 0 saturated carbocycles. The van der Waals surface area contributed by atoms with Crippen LogP contribution in [0.4, 0.5) is 0 Å². The maximum absolute atomic E-state index is 13.3. The van der Waals surface area contributed by atoms with Crippen LogP contribution in [-0.2, 0) is 4.79 Å². The lowest BCUT2D eigenvalue weighted by Crippen LogP contribution is -2.49. The fourth-order valence-electron chi connectivity index (χ4n) is 4.32. The van der Waals surface area contributed by atoms with Gasteiger partial charge < -0.3 is 4.90 Å². The van der Waals surface area contributed by atoms with Crippen molar-refractivity contribution in [1.29, 1.82) is 0 Å². The average molecular weight is 517 g/mol. The van der Waals surface area contributed by atoms with E-state index >= 15 is 0 Å². The zero-order valence-electron chi connectivity index (χ0n) is 20.2. The molecule has 0 bridgehead atoms. The Morgan fingerprint density at radius 1 is 1.03 bits per heavy atom. The van der Waals surface area contributed by atoms with Crippen LogP contribution >= 0.6 is 23.1 Å². The number of hydrogen-bond acceptors (Lipinski definition) is 6. The largest absolute Gasteiger partial charge is 0.339 e. The summed E-state index contributed by atoms with van der Waals surface area (Å²) in [4.78, 5) is 36.1. The minimum atomic E-state index is -0.0947. The number of nitrogens with zero attached hydrogens (tertiary/aromatic N) is 4. The highest BCUT2D eigenvalue weighted by atomic mass is 32.2. The molecule has 0 spiro atoms. The highest BCUT2D eigenvalue weighted by Crippen LogP contribution is 2.25. The number of fused-ring (bicyclic) bond motifs is 1. The molecule has 184 valence electrons. The molecule has 0 unspecified atom stereocenters. The van der Waals surface area contributed by atoms with Crippen LogP contribution in [0, 0.1) is 6.92 Å². The summed E-state index contributed by atoms with van der Waals surface area (Å²) in [6, 6.07) is 19.9. The van der Waals surface area contributed by atoms with E-state index in [-0.39, 0.29) is 17.2 Å². The third kappa shape index (κ3) is 5.46. The van der Waals surface area contributed by atoms with E-state index in [9.17, 15) is 9.59 Å². The van der Waals surface area contributed by atoms with Crippen molar-refractivity contribution in [3.05, 3.63) is 93.6 Å². The van der Waals surface area contributed by atoms with Gasteiger partial charge >= 0.3 is 0 Å². The van der Waals surface area contributed by atoms with Gasteiger partial charge in [0.15, 0.2) is 5.16 Å². The summed E-state index contributed by atoms with van der Waals surface area (Å²) in [6.45, 7) is 5.97. The van der Waals surface area contributed by atoms with Gasteiger partial charge in [0.25, 0.3) is 5.56 Å². The van der Waals surface area contributed by atoms with Gasteiger partial charge in [-0.2, -0.15) is 0 Å². The molecule has 4 aromatic rings. The van der Waals surface area contributed by atoms with Crippen molar-refractivity contribution >= 4 is 45.3 Å². The Labute approximate surface area is 218 Å². The van der Waals surface area contributed by atoms with Crippen LogP contribution in [-0.4, -0.2) is 63.7 Å². The molecule has 36 heavy (non-hydrogen) atoms. The number of amides is 1. The third-order valence-corrected chi connectivity index (χ3v) is 8.08. The van der Waals surface area contributed by atoms with Crippen molar-refractivity contribution < 1.29 is 4.79 Å². The van der Waals surface area contributed by atoms with Gasteiger partial charge in [-0.05, 0) is 35.6 Å². The first-order valence-electron chi connectivity index (χ1n) is 12.0. The fourth-order valence-corrected chi connectivity index (χ4v) is 6.03. The van der Waals surface area contributed by atoms with Crippen molar-refractivity contribution in [3.8, 4) is 5.69 Å². The van der Waals surface area contributed by atoms with Gasteiger partial charge in [-0.3, -0.25) is 19.1 Å². The van der Waals surface area contributed by atoms with Crippen LogP contribution in [0.25, 0.3) is 22.0 Å². The van der Waals surface area contributed by atoms with Gasteiger partial charge in [-0.15, -0.1) is 11.3 Å². The number of piperazine rings is 1. The van der Waals surface area contributed by atoms with Gasteiger partial charge in [-0.1, -0.05) is 72.4 Å². The van der Waals surface area contributed by atoms with Gasteiger partial charge in [0.2, 0.25) is 5.91 Å².